The fourth-order valence-electron chi connectivity index (χ4n) is 2.55. The Morgan fingerprint density at radius 1 is 1.30 bits per heavy atom. The number of nitrogens with one attached hydrogen (secondary N) is 1. The standard InChI is InChI=1S/C15H15F3N4O/c16-12-2-1-11-8-21(5-3-10(11)7-12)15(23)19-14-4-6-22(20-14)9-13(17)18/h1-2,4,6-7,13H,3,5,8-9H2,(H,19,20,23). The molecule has 1 aromatic heterocycles. The second-order valence-corrected chi connectivity index (χ2v) is 5.33. The van der Waals surface area contributed by atoms with Crippen LogP contribution in [0.4, 0.5) is 23.8 Å². The maximum Gasteiger partial charge on any atom is 0.323 e. The van der Waals surface area contributed by atoms with Crippen molar-refractivity contribution in [2.45, 2.75) is 25.9 Å². The number of hydrogen-bond acceptors (Lipinski definition) is 2. The number of rotatable bonds is 3. The zero-order valence-electron chi connectivity index (χ0n) is 12.2. The van der Waals surface area contributed by atoms with Gasteiger partial charge in [0.05, 0.1) is 0 Å². The Kier molecular flexibility index (Phi) is 4.22. The van der Waals surface area contributed by atoms with Crippen LogP contribution in [0, 0.1) is 5.82 Å². The van der Waals surface area contributed by atoms with E-state index in [4.69, 9.17) is 0 Å². The molecule has 0 aliphatic carbocycles. The Balaban J connectivity index is 1.63. The van der Waals surface area contributed by atoms with Gasteiger partial charge in [0, 0.05) is 25.4 Å². The number of amides is 2. The molecule has 3 rings (SSSR count). The number of hydrogen-bond donors (Lipinski definition) is 1. The Labute approximate surface area is 130 Å². The Bertz CT molecular complexity index is 716. The van der Waals surface area contributed by atoms with E-state index in [1.165, 1.54) is 24.4 Å². The summed E-state index contributed by atoms with van der Waals surface area (Å²) in [6.45, 7) is 0.317. The van der Waals surface area contributed by atoms with E-state index >= 15 is 0 Å². The van der Waals surface area contributed by atoms with Crippen molar-refractivity contribution in [3.05, 3.63) is 47.4 Å². The van der Waals surface area contributed by atoms with Gasteiger partial charge < -0.3 is 4.90 Å². The van der Waals surface area contributed by atoms with E-state index in [-0.39, 0.29) is 17.7 Å². The number of aromatic nitrogens is 2. The van der Waals surface area contributed by atoms with Gasteiger partial charge in [-0.05, 0) is 29.7 Å². The van der Waals surface area contributed by atoms with Crippen LogP contribution in [0.1, 0.15) is 11.1 Å². The van der Waals surface area contributed by atoms with Gasteiger partial charge in [0.1, 0.15) is 12.4 Å². The van der Waals surface area contributed by atoms with Gasteiger partial charge in [-0.2, -0.15) is 5.10 Å². The predicted octanol–water partition coefficient (Wildman–Crippen LogP) is 2.88. The lowest BCUT2D eigenvalue weighted by Gasteiger charge is -2.28. The van der Waals surface area contributed by atoms with Crippen molar-refractivity contribution in [3.63, 3.8) is 0 Å². The van der Waals surface area contributed by atoms with E-state index in [2.05, 4.69) is 10.4 Å². The summed E-state index contributed by atoms with van der Waals surface area (Å²) in [6.07, 6.45) is -0.548. The monoisotopic (exact) mass is 324 g/mol. The predicted molar refractivity (Wildman–Crippen MR) is 77.8 cm³/mol. The van der Waals surface area contributed by atoms with Crippen molar-refractivity contribution in [1.82, 2.24) is 14.7 Å². The number of anilines is 1. The first-order valence-electron chi connectivity index (χ1n) is 7.16. The third-order valence-electron chi connectivity index (χ3n) is 3.67. The number of nitrogens with zero attached hydrogens (tertiary/aromatic N) is 3. The highest BCUT2D eigenvalue weighted by Crippen LogP contribution is 2.20. The van der Waals surface area contributed by atoms with Crippen LogP contribution in [-0.2, 0) is 19.5 Å². The maximum atomic E-state index is 13.2. The van der Waals surface area contributed by atoms with Crippen molar-refractivity contribution < 1.29 is 18.0 Å². The second kappa shape index (κ2) is 6.31. The quantitative estimate of drug-likeness (QED) is 0.944. The van der Waals surface area contributed by atoms with Crippen LogP contribution in [-0.4, -0.2) is 33.7 Å². The number of carbonyl (C=O) groups excluding carboxylic acids is 1. The van der Waals surface area contributed by atoms with Crippen molar-refractivity contribution in [2.75, 3.05) is 11.9 Å². The molecule has 122 valence electrons. The van der Waals surface area contributed by atoms with Crippen molar-refractivity contribution >= 4 is 11.8 Å². The van der Waals surface area contributed by atoms with E-state index in [1.54, 1.807) is 11.0 Å². The van der Waals surface area contributed by atoms with Gasteiger partial charge >= 0.3 is 6.03 Å². The SMILES string of the molecule is O=C(Nc1ccn(CC(F)F)n1)N1CCc2cc(F)ccc2C1. The first kappa shape index (κ1) is 15.4. The third-order valence-corrected chi connectivity index (χ3v) is 3.67. The van der Waals surface area contributed by atoms with E-state index in [0.717, 1.165) is 15.8 Å². The number of halogens is 3. The summed E-state index contributed by atoms with van der Waals surface area (Å²) in [4.78, 5) is 13.8. The fraction of sp³-hybridized carbons (Fsp3) is 0.333. The molecule has 0 saturated heterocycles. The summed E-state index contributed by atoms with van der Waals surface area (Å²) < 4.78 is 38.8. The summed E-state index contributed by atoms with van der Waals surface area (Å²) in [6, 6.07) is 5.62. The Morgan fingerprint density at radius 3 is 2.91 bits per heavy atom. The molecular weight excluding hydrogens is 309 g/mol. The molecule has 1 aromatic carbocycles. The molecule has 0 radical (unpaired) electrons. The van der Waals surface area contributed by atoms with Gasteiger partial charge in [0.15, 0.2) is 5.82 Å². The minimum absolute atomic E-state index is 0.223. The highest BCUT2D eigenvalue weighted by molar-refractivity contribution is 5.88. The zero-order chi connectivity index (χ0) is 16.4. The highest BCUT2D eigenvalue weighted by atomic mass is 19.3. The fourth-order valence-corrected chi connectivity index (χ4v) is 2.55. The largest absolute Gasteiger partial charge is 0.323 e. The van der Waals surface area contributed by atoms with Crippen LogP contribution in [0.2, 0.25) is 0 Å². The van der Waals surface area contributed by atoms with Gasteiger partial charge in [-0.25, -0.2) is 18.0 Å². The molecule has 0 saturated carbocycles. The molecule has 2 amide bonds. The minimum Gasteiger partial charge on any atom is -0.320 e. The van der Waals surface area contributed by atoms with Gasteiger partial charge in [0.2, 0.25) is 0 Å². The smallest absolute Gasteiger partial charge is 0.320 e. The zero-order valence-corrected chi connectivity index (χ0v) is 12.2. The number of urea groups is 1. The molecular formula is C15H15F3N4O. The molecule has 1 N–H and O–H groups in total. The molecule has 0 unspecified atom stereocenters. The van der Waals surface area contributed by atoms with Gasteiger partial charge in [-0.3, -0.25) is 10.00 Å². The molecule has 0 spiro atoms. The first-order chi connectivity index (χ1) is 11.0. The van der Waals surface area contributed by atoms with Crippen LogP contribution < -0.4 is 5.32 Å². The van der Waals surface area contributed by atoms with Crippen LogP contribution in [0.5, 0.6) is 0 Å². The van der Waals surface area contributed by atoms with Crippen molar-refractivity contribution in [2.24, 2.45) is 0 Å². The summed E-state index contributed by atoms with van der Waals surface area (Å²) >= 11 is 0. The van der Waals surface area contributed by atoms with Crippen molar-refractivity contribution in [3.8, 4) is 0 Å². The van der Waals surface area contributed by atoms with E-state index in [0.29, 0.717) is 19.5 Å². The van der Waals surface area contributed by atoms with E-state index in [9.17, 15) is 18.0 Å². The molecule has 1 aliphatic rings. The van der Waals surface area contributed by atoms with Crippen LogP contribution >= 0.6 is 0 Å². The highest BCUT2D eigenvalue weighted by Gasteiger charge is 2.21. The molecule has 2 heterocycles. The topological polar surface area (TPSA) is 50.2 Å². The molecule has 0 bridgehead atoms. The van der Waals surface area contributed by atoms with Crippen LogP contribution in [0.15, 0.2) is 30.5 Å². The molecule has 23 heavy (non-hydrogen) atoms. The summed E-state index contributed by atoms with van der Waals surface area (Å²) in [5, 5.41) is 6.45. The number of benzene rings is 1. The lowest BCUT2D eigenvalue weighted by atomic mass is 10.00. The first-order valence-corrected chi connectivity index (χ1v) is 7.16. The van der Waals surface area contributed by atoms with E-state index < -0.39 is 13.0 Å². The van der Waals surface area contributed by atoms with Gasteiger partial charge in [-0.15, -0.1) is 0 Å². The lowest BCUT2D eigenvalue weighted by molar-refractivity contribution is 0.122. The second-order valence-electron chi connectivity index (χ2n) is 5.33. The van der Waals surface area contributed by atoms with Gasteiger partial charge in [-0.1, -0.05) is 6.07 Å². The lowest BCUT2D eigenvalue weighted by Crippen LogP contribution is -2.39. The average molecular weight is 324 g/mol. The van der Waals surface area contributed by atoms with Crippen LogP contribution in [0.25, 0.3) is 0 Å². The number of alkyl halides is 2. The third kappa shape index (κ3) is 3.64. The Hall–Kier alpha value is -2.51. The molecule has 0 fully saturated rings. The summed E-state index contributed by atoms with van der Waals surface area (Å²) in [5.74, 6) is -0.0632. The summed E-state index contributed by atoms with van der Waals surface area (Å²) in [5.41, 5.74) is 1.80. The normalized spacial score (nSPS) is 14.0. The number of fused-ring (bicyclic) bond motifs is 1. The maximum absolute atomic E-state index is 13.2. The minimum atomic E-state index is -2.50. The molecule has 0 atom stereocenters. The van der Waals surface area contributed by atoms with Crippen LogP contribution in [0.3, 0.4) is 0 Å². The molecule has 8 heteroatoms. The summed E-state index contributed by atoms with van der Waals surface area (Å²) in [7, 11) is 0. The van der Waals surface area contributed by atoms with Crippen molar-refractivity contribution in [1.29, 1.82) is 0 Å². The number of carbonyl (C=O) groups is 1. The van der Waals surface area contributed by atoms with Gasteiger partial charge in [0.25, 0.3) is 6.43 Å². The molecule has 5 nitrogen and oxygen atoms in total. The molecule has 2 aromatic rings. The Morgan fingerprint density at radius 2 is 2.13 bits per heavy atom. The average Bonchev–Trinajstić information content (AvgIpc) is 2.92. The molecule has 1 aliphatic heterocycles. The van der Waals surface area contributed by atoms with E-state index in [1.807, 2.05) is 0 Å².